The molecule has 1 atom stereocenters. The van der Waals surface area contributed by atoms with Crippen LogP contribution in [0.15, 0.2) is 18.2 Å². The van der Waals surface area contributed by atoms with Gasteiger partial charge in [0.15, 0.2) is 0 Å². The molecule has 1 aromatic rings. The Balaban J connectivity index is 2.27. The summed E-state index contributed by atoms with van der Waals surface area (Å²) in [6, 6.07) is 5.67. The Hall–Kier alpha value is -1.75. The predicted octanol–water partition coefficient (Wildman–Crippen LogP) is 1.84. The van der Waals surface area contributed by atoms with Crippen LogP contribution in [-0.4, -0.2) is 39.8 Å². The van der Waals surface area contributed by atoms with Crippen molar-refractivity contribution < 1.29 is 9.47 Å². The SMILES string of the molecule is COCC1CCCN(c2cc(OC)ccc2C(=N)N)C1. The quantitative estimate of drug-likeness (QED) is 0.636. The fourth-order valence-electron chi connectivity index (χ4n) is 2.78. The average Bonchev–Trinajstić information content (AvgIpc) is 2.47. The van der Waals surface area contributed by atoms with Crippen LogP contribution < -0.4 is 15.4 Å². The molecule has 5 nitrogen and oxygen atoms in total. The molecule has 3 N–H and O–H groups in total. The van der Waals surface area contributed by atoms with E-state index in [-0.39, 0.29) is 5.84 Å². The van der Waals surface area contributed by atoms with Gasteiger partial charge in [0.25, 0.3) is 0 Å². The van der Waals surface area contributed by atoms with Crippen molar-refractivity contribution in [3.8, 4) is 5.75 Å². The molecule has 1 aliphatic rings. The molecule has 1 saturated heterocycles. The van der Waals surface area contributed by atoms with Crippen LogP contribution in [0, 0.1) is 11.3 Å². The molecular formula is C15H23N3O2. The van der Waals surface area contributed by atoms with Crippen molar-refractivity contribution in [3.63, 3.8) is 0 Å². The number of ether oxygens (including phenoxy) is 2. The van der Waals surface area contributed by atoms with E-state index in [1.54, 1.807) is 14.2 Å². The Bertz CT molecular complexity index is 474. The van der Waals surface area contributed by atoms with Gasteiger partial charge in [0.2, 0.25) is 0 Å². The van der Waals surface area contributed by atoms with E-state index in [1.165, 1.54) is 6.42 Å². The van der Waals surface area contributed by atoms with Crippen LogP contribution in [0.3, 0.4) is 0 Å². The highest BCUT2D eigenvalue weighted by Gasteiger charge is 2.22. The molecule has 20 heavy (non-hydrogen) atoms. The van der Waals surface area contributed by atoms with Gasteiger partial charge in [-0.25, -0.2) is 0 Å². The lowest BCUT2D eigenvalue weighted by atomic mass is 9.97. The van der Waals surface area contributed by atoms with Gasteiger partial charge in [-0.05, 0) is 30.9 Å². The standard InChI is InChI=1S/C15H23N3O2/c1-19-10-11-4-3-7-18(9-11)14-8-12(20-2)5-6-13(14)15(16)17/h5-6,8,11H,3-4,7,9-10H2,1-2H3,(H3,16,17). The first-order chi connectivity index (χ1) is 9.65. The van der Waals surface area contributed by atoms with Gasteiger partial charge in [0, 0.05) is 31.8 Å². The number of hydrogen-bond donors (Lipinski definition) is 2. The minimum Gasteiger partial charge on any atom is -0.497 e. The molecule has 0 aliphatic carbocycles. The molecule has 0 aromatic heterocycles. The van der Waals surface area contributed by atoms with Crippen molar-refractivity contribution in [1.29, 1.82) is 5.41 Å². The maximum absolute atomic E-state index is 7.74. The largest absolute Gasteiger partial charge is 0.497 e. The topological polar surface area (TPSA) is 71.6 Å². The Morgan fingerprint density at radius 3 is 2.90 bits per heavy atom. The van der Waals surface area contributed by atoms with E-state index < -0.39 is 0 Å². The van der Waals surface area contributed by atoms with E-state index in [0.29, 0.717) is 5.92 Å². The van der Waals surface area contributed by atoms with Gasteiger partial charge in [0.05, 0.1) is 19.4 Å². The third-order valence-electron chi connectivity index (χ3n) is 3.76. The van der Waals surface area contributed by atoms with E-state index in [0.717, 1.165) is 43.1 Å². The highest BCUT2D eigenvalue weighted by Crippen LogP contribution is 2.29. The summed E-state index contributed by atoms with van der Waals surface area (Å²) >= 11 is 0. The summed E-state index contributed by atoms with van der Waals surface area (Å²) in [5, 5.41) is 7.74. The summed E-state index contributed by atoms with van der Waals surface area (Å²) in [5.74, 6) is 1.41. The van der Waals surface area contributed by atoms with Gasteiger partial charge in [-0.15, -0.1) is 0 Å². The van der Waals surface area contributed by atoms with Gasteiger partial charge < -0.3 is 20.1 Å². The number of hydrogen-bond acceptors (Lipinski definition) is 4. The Morgan fingerprint density at radius 1 is 1.45 bits per heavy atom. The predicted molar refractivity (Wildman–Crippen MR) is 80.8 cm³/mol. The van der Waals surface area contributed by atoms with Crippen molar-refractivity contribution in [1.82, 2.24) is 0 Å². The highest BCUT2D eigenvalue weighted by molar-refractivity contribution is 6.00. The Labute approximate surface area is 120 Å². The minimum atomic E-state index is 0.0940. The summed E-state index contributed by atoms with van der Waals surface area (Å²) in [6.45, 7) is 2.69. The second-order valence-corrected chi connectivity index (χ2v) is 5.21. The van der Waals surface area contributed by atoms with E-state index in [1.807, 2.05) is 18.2 Å². The van der Waals surface area contributed by atoms with Crippen LogP contribution in [0.2, 0.25) is 0 Å². The zero-order chi connectivity index (χ0) is 14.5. The van der Waals surface area contributed by atoms with Crippen LogP contribution in [-0.2, 0) is 4.74 Å². The number of nitrogens with zero attached hydrogens (tertiary/aromatic N) is 1. The van der Waals surface area contributed by atoms with Gasteiger partial charge in [-0.3, -0.25) is 5.41 Å². The number of anilines is 1. The molecule has 0 saturated carbocycles. The zero-order valence-corrected chi connectivity index (χ0v) is 12.2. The number of piperidine rings is 1. The molecule has 1 unspecified atom stereocenters. The summed E-state index contributed by atoms with van der Waals surface area (Å²) in [5.41, 5.74) is 7.45. The summed E-state index contributed by atoms with van der Waals surface area (Å²) in [6.07, 6.45) is 2.31. The van der Waals surface area contributed by atoms with Crippen LogP contribution in [0.1, 0.15) is 18.4 Å². The smallest absolute Gasteiger partial charge is 0.124 e. The summed E-state index contributed by atoms with van der Waals surface area (Å²) in [4.78, 5) is 2.28. The lowest BCUT2D eigenvalue weighted by molar-refractivity contribution is 0.143. The highest BCUT2D eigenvalue weighted by atomic mass is 16.5. The monoisotopic (exact) mass is 277 g/mol. The normalized spacial score (nSPS) is 18.9. The lowest BCUT2D eigenvalue weighted by Gasteiger charge is -2.35. The molecule has 0 spiro atoms. The molecule has 0 radical (unpaired) electrons. The minimum absolute atomic E-state index is 0.0940. The number of amidine groups is 1. The number of methoxy groups -OCH3 is 2. The summed E-state index contributed by atoms with van der Waals surface area (Å²) < 4.78 is 10.6. The van der Waals surface area contributed by atoms with E-state index in [4.69, 9.17) is 20.6 Å². The molecule has 110 valence electrons. The van der Waals surface area contributed by atoms with E-state index >= 15 is 0 Å². The summed E-state index contributed by atoms with van der Waals surface area (Å²) in [7, 11) is 3.39. The first-order valence-electron chi connectivity index (χ1n) is 6.92. The number of nitrogens with one attached hydrogen (secondary N) is 1. The molecule has 1 aliphatic heterocycles. The fourth-order valence-corrected chi connectivity index (χ4v) is 2.78. The molecule has 5 heteroatoms. The van der Waals surface area contributed by atoms with Crippen molar-refractivity contribution >= 4 is 11.5 Å². The molecule has 1 heterocycles. The Kier molecular flexibility index (Phi) is 4.84. The second kappa shape index (κ2) is 6.61. The number of rotatable bonds is 5. The van der Waals surface area contributed by atoms with Crippen LogP contribution in [0.25, 0.3) is 0 Å². The van der Waals surface area contributed by atoms with Crippen LogP contribution >= 0.6 is 0 Å². The van der Waals surface area contributed by atoms with Gasteiger partial charge in [-0.1, -0.05) is 0 Å². The van der Waals surface area contributed by atoms with Gasteiger partial charge in [0.1, 0.15) is 11.6 Å². The van der Waals surface area contributed by atoms with Crippen molar-refractivity contribution in [2.45, 2.75) is 12.8 Å². The maximum atomic E-state index is 7.74. The number of nitrogen functional groups attached to an aromatic ring is 1. The molecule has 1 fully saturated rings. The molecule has 0 amide bonds. The fraction of sp³-hybridized carbons (Fsp3) is 0.533. The molecule has 1 aromatic carbocycles. The first-order valence-corrected chi connectivity index (χ1v) is 6.92. The second-order valence-electron chi connectivity index (χ2n) is 5.21. The third-order valence-corrected chi connectivity index (χ3v) is 3.76. The van der Waals surface area contributed by atoms with Gasteiger partial charge >= 0.3 is 0 Å². The lowest BCUT2D eigenvalue weighted by Crippen LogP contribution is -2.38. The Morgan fingerprint density at radius 2 is 2.25 bits per heavy atom. The van der Waals surface area contributed by atoms with Gasteiger partial charge in [-0.2, -0.15) is 0 Å². The average molecular weight is 277 g/mol. The van der Waals surface area contributed by atoms with E-state index in [9.17, 15) is 0 Å². The van der Waals surface area contributed by atoms with Crippen molar-refractivity contribution in [2.24, 2.45) is 11.7 Å². The third kappa shape index (κ3) is 3.22. The zero-order valence-electron chi connectivity index (χ0n) is 12.2. The molecule has 2 rings (SSSR count). The number of nitrogens with two attached hydrogens (primary N) is 1. The van der Waals surface area contributed by atoms with Crippen molar-refractivity contribution in [3.05, 3.63) is 23.8 Å². The first kappa shape index (κ1) is 14.7. The molecular weight excluding hydrogens is 254 g/mol. The molecule has 0 bridgehead atoms. The van der Waals surface area contributed by atoms with Crippen LogP contribution in [0.4, 0.5) is 5.69 Å². The number of benzene rings is 1. The van der Waals surface area contributed by atoms with Crippen molar-refractivity contribution in [2.75, 3.05) is 38.8 Å². The maximum Gasteiger partial charge on any atom is 0.124 e. The van der Waals surface area contributed by atoms with Crippen LogP contribution in [0.5, 0.6) is 5.75 Å². The van der Waals surface area contributed by atoms with E-state index in [2.05, 4.69) is 4.90 Å².